The Morgan fingerprint density at radius 3 is 2.29 bits per heavy atom. The van der Waals surface area contributed by atoms with E-state index in [0.717, 1.165) is 37.9 Å². The van der Waals surface area contributed by atoms with Crippen molar-refractivity contribution in [2.24, 2.45) is 5.92 Å². The lowest BCUT2D eigenvalue weighted by molar-refractivity contribution is -0.162. The molecule has 38 heavy (non-hydrogen) atoms. The number of piperidine rings is 1. The number of hydrogen-bond acceptors (Lipinski definition) is 8. The predicted molar refractivity (Wildman–Crippen MR) is 142 cm³/mol. The van der Waals surface area contributed by atoms with Gasteiger partial charge in [-0.05, 0) is 88.5 Å². The van der Waals surface area contributed by atoms with Gasteiger partial charge in [0.05, 0.1) is 4.90 Å². The topological polar surface area (TPSA) is 143 Å². The van der Waals surface area contributed by atoms with Gasteiger partial charge in [0.15, 0.2) is 0 Å². The molecule has 11 heteroatoms. The number of anilines is 1. The molecule has 1 amide bonds. The highest BCUT2D eigenvalue weighted by atomic mass is 32.2. The molecule has 0 radical (unpaired) electrons. The van der Waals surface area contributed by atoms with Crippen LogP contribution in [0.25, 0.3) is 0 Å². The Labute approximate surface area is 223 Å². The summed E-state index contributed by atoms with van der Waals surface area (Å²) < 4.78 is 33.6. The fourth-order valence-corrected chi connectivity index (χ4v) is 5.75. The van der Waals surface area contributed by atoms with Gasteiger partial charge >= 0.3 is 11.9 Å². The number of benzene rings is 2. The Kier molecular flexibility index (Phi) is 9.26. The number of nitrogens with one attached hydrogen (secondary N) is 4. The van der Waals surface area contributed by atoms with Gasteiger partial charge in [-0.25, -0.2) is 18.0 Å². The third-order valence-corrected chi connectivity index (χ3v) is 8.32. The molecule has 2 aliphatic heterocycles. The van der Waals surface area contributed by atoms with Crippen LogP contribution in [0.3, 0.4) is 0 Å². The first kappa shape index (κ1) is 27.9. The van der Waals surface area contributed by atoms with E-state index < -0.39 is 34.0 Å². The summed E-state index contributed by atoms with van der Waals surface area (Å²) in [5.41, 5.74) is 2.13. The second kappa shape index (κ2) is 12.6. The predicted octanol–water partition coefficient (Wildman–Crippen LogP) is 1.64. The van der Waals surface area contributed by atoms with Gasteiger partial charge in [-0.15, -0.1) is 0 Å². The van der Waals surface area contributed by atoms with E-state index in [4.69, 9.17) is 4.74 Å². The third kappa shape index (κ3) is 7.47. The van der Waals surface area contributed by atoms with Crippen LogP contribution in [0.1, 0.15) is 36.8 Å². The minimum atomic E-state index is -4.07. The zero-order chi connectivity index (χ0) is 27.1. The zero-order valence-electron chi connectivity index (χ0n) is 21.4. The SMILES string of the molecule is Cc1ccc(S(=O)(=O)N[C@@H](Cc2ccc(NC(=O)C3CCNCC3)cc2)C(=O)OC(=O)[C@@H]2CCCN2)cc1. The van der Waals surface area contributed by atoms with E-state index >= 15 is 0 Å². The standard InChI is InChI=1S/C27H34N4O6S/c1-18-4-10-22(11-5-18)38(35,36)31-24(27(34)37-26(33)23-3-2-14-29-23)17-19-6-8-21(9-7-19)30-25(32)20-12-15-28-16-13-20/h4-11,20,23-24,28-29,31H,2-3,12-17H2,1H3,(H,30,32)/t23-,24-/m0/s1. The lowest BCUT2D eigenvalue weighted by atomic mass is 9.97. The van der Waals surface area contributed by atoms with Crippen molar-refractivity contribution in [2.45, 2.75) is 56.0 Å². The highest BCUT2D eigenvalue weighted by molar-refractivity contribution is 7.89. The van der Waals surface area contributed by atoms with Crippen molar-refractivity contribution in [3.05, 3.63) is 59.7 Å². The Balaban J connectivity index is 1.47. The average Bonchev–Trinajstić information content (AvgIpc) is 3.45. The molecule has 2 saturated heterocycles. The maximum atomic E-state index is 13.0. The highest BCUT2D eigenvalue weighted by Crippen LogP contribution is 2.18. The maximum absolute atomic E-state index is 13.0. The quantitative estimate of drug-likeness (QED) is 0.277. The van der Waals surface area contributed by atoms with Crippen LogP contribution >= 0.6 is 0 Å². The molecule has 2 heterocycles. The maximum Gasteiger partial charge on any atom is 0.332 e. The summed E-state index contributed by atoms with van der Waals surface area (Å²) in [6.45, 7) is 4.11. The van der Waals surface area contributed by atoms with E-state index in [1.165, 1.54) is 12.1 Å². The van der Waals surface area contributed by atoms with Crippen molar-refractivity contribution in [1.82, 2.24) is 15.4 Å². The highest BCUT2D eigenvalue weighted by Gasteiger charge is 2.32. The van der Waals surface area contributed by atoms with Crippen LogP contribution in [0.2, 0.25) is 0 Å². The molecule has 204 valence electrons. The van der Waals surface area contributed by atoms with E-state index in [1.807, 2.05) is 6.92 Å². The molecule has 0 unspecified atom stereocenters. The van der Waals surface area contributed by atoms with E-state index in [2.05, 4.69) is 20.7 Å². The normalized spacial score (nSPS) is 19.0. The summed E-state index contributed by atoms with van der Waals surface area (Å²) in [7, 11) is -4.07. The fourth-order valence-electron chi connectivity index (χ4n) is 4.56. The number of esters is 2. The van der Waals surface area contributed by atoms with E-state index in [0.29, 0.717) is 24.2 Å². The van der Waals surface area contributed by atoms with Gasteiger partial charge in [-0.2, -0.15) is 4.72 Å². The molecule has 2 atom stereocenters. The third-order valence-electron chi connectivity index (χ3n) is 6.83. The molecular formula is C27H34N4O6S. The fraction of sp³-hybridized carbons (Fsp3) is 0.444. The Morgan fingerprint density at radius 1 is 0.974 bits per heavy atom. The Morgan fingerprint density at radius 2 is 1.66 bits per heavy atom. The van der Waals surface area contributed by atoms with Gasteiger partial charge in [-0.1, -0.05) is 29.8 Å². The van der Waals surface area contributed by atoms with Crippen LogP contribution in [0.5, 0.6) is 0 Å². The van der Waals surface area contributed by atoms with Crippen molar-refractivity contribution >= 4 is 33.6 Å². The Bertz CT molecular complexity index is 1240. The first-order chi connectivity index (χ1) is 18.2. The summed E-state index contributed by atoms with van der Waals surface area (Å²) in [6.07, 6.45) is 2.86. The van der Waals surface area contributed by atoms with Crippen molar-refractivity contribution in [2.75, 3.05) is 25.0 Å². The number of carbonyl (C=O) groups is 3. The smallest absolute Gasteiger partial charge is 0.332 e. The number of sulfonamides is 1. The average molecular weight is 543 g/mol. The minimum Gasteiger partial charge on any atom is -0.391 e. The molecular weight excluding hydrogens is 508 g/mol. The van der Waals surface area contributed by atoms with Gasteiger partial charge in [0.1, 0.15) is 12.1 Å². The second-order valence-corrected chi connectivity index (χ2v) is 11.5. The summed E-state index contributed by atoms with van der Waals surface area (Å²) >= 11 is 0. The molecule has 0 spiro atoms. The van der Waals surface area contributed by atoms with Crippen LogP contribution in [-0.2, 0) is 35.6 Å². The van der Waals surface area contributed by atoms with Crippen LogP contribution in [-0.4, -0.2) is 58.0 Å². The van der Waals surface area contributed by atoms with Crippen molar-refractivity contribution in [3.63, 3.8) is 0 Å². The van der Waals surface area contributed by atoms with Crippen LogP contribution in [0.15, 0.2) is 53.4 Å². The number of hydrogen-bond donors (Lipinski definition) is 4. The van der Waals surface area contributed by atoms with E-state index in [9.17, 15) is 22.8 Å². The monoisotopic (exact) mass is 542 g/mol. The summed E-state index contributed by atoms with van der Waals surface area (Å²) in [5, 5.41) is 9.12. The van der Waals surface area contributed by atoms with Crippen LogP contribution < -0.4 is 20.7 Å². The minimum absolute atomic E-state index is 0.000610. The van der Waals surface area contributed by atoms with Crippen LogP contribution in [0, 0.1) is 12.8 Å². The second-order valence-electron chi connectivity index (χ2n) is 9.79. The van der Waals surface area contributed by atoms with Crippen molar-refractivity contribution in [1.29, 1.82) is 0 Å². The van der Waals surface area contributed by atoms with Crippen molar-refractivity contribution < 1.29 is 27.5 Å². The molecule has 0 aliphatic carbocycles. The zero-order valence-corrected chi connectivity index (χ0v) is 22.2. The first-order valence-corrected chi connectivity index (χ1v) is 14.4. The molecule has 0 aromatic heterocycles. The number of rotatable bonds is 9. The van der Waals surface area contributed by atoms with Gasteiger partial charge in [0.2, 0.25) is 15.9 Å². The van der Waals surface area contributed by atoms with Gasteiger partial charge < -0.3 is 20.7 Å². The summed E-state index contributed by atoms with van der Waals surface area (Å²) in [6, 6.07) is 11.1. The molecule has 10 nitrogen and oxygen atoms in total. The molecule has 4 N–H and O–H groups in total. The molecule has 2 aromatic rings. The van der Waals surface area contributed by atoms with Gasteiger partial charge in [0, 0.05) is 11.6 Å². The Hall–Kier alpha value is -3.12. The lowest BCUT2D eigenvalue weighted by Crippen LogP contribution is -2.45. The molecule has 0 saturated carbocycles. The first-order valence-electron chi connectivity index (χ1n) is 12.9. The lowest BCUT2D eigenvalue weighted by Gasteiger charge is -2.22. The summed E-state index contributed by atoms with van der Waals surface area (Å²) in [5.74, 6) is -1.77. The number of amides is 1. The van der Waals surface area contributed by atoms with E-state index in [1.54, 1.807) is 36.4 Å². The molecule has 0 bridgehead atoms. The van der Waals surface area contributed by atoms with E-state index in [-0.39, 0.29) is 23.1 Å². The number of carbonyl (C=O) groups excluding carboxylic acids is 3. The van der Waals surface area contributed by atoms with Gasteiger partial charge in [-0.3, -0.25) is 4.79 Å². The summed E-state index contributed by atoms with van der Waals surface area (Å²) in [4.78, 5) is 38.0. The van der Waals surface area contributed by atoms with Crippen molar-refractivity contribution in [3.8, 4) is 0 Å². The molecule has 2 aromatic carbocycles. The van der Waals surface area contributed by atoms with Crippen LogP contribution in [0.4, 0.5) is 5.69 Å². The molecule has 2 fully saturated rings. The molecule has 2 aliphatic rings. The molecule has 4 rings (SSSR count). The number of ether oxygens (including phenoxy) is 1. The van der Waals surface area contributed by atoms with Gasteiger partial charge in [0.25, 0.3) is 0 Å². The largest absolute Gasteiger partial charge is 0.391 e. The number of aryl methyl sites for hydroxylation is 1.